The van der Waals surface area contributed by atoms with Crippen molar-refractivity contribution >= 4 is 0 Å². The molecule has 2 saturated heterocycles. The van der Waals surface area contributed by atoms with Crippen LogP contribution in [0.5, 0.6) is 0 Å². The summed E-state index contributed by atoms with van der Waals surface area (Å²) in [5.41, 5.74) is 0. The van der Waals surface area contributed by atoms with Gasteiger partial charge in [-0.15, -0.1) is 0 Å². The quantitative estimate of drug-likeness (QED) is 0.675. The highest BCUT2D eigenvalue weighted by molar-refractivity contribution is 4.75. The van der Waals surface area contributed by atoms with E-state index in [0.717, 1.165) is 5.92 Å². The number of hydrogen-bond donors (Lipinski definition) is 0. The Balaban J connectivity index is 1.60. The minimum atomic E-state index is 0.720. The molecular weight excluding hydrogens is 172 g/mol. The van der Waals surface area contributed by atoms with Crippen LogP contribution in [0.4, 0.5) is 0 Å². The van der Waals surface area contributed by atoms with E-state index in [-0.39, 0.29) is 0 Å². The van der Waals surface area contributed by atoms with E-state index >= 15 is 0 Å². The van der Waals surface area contributed by atoms with Crippen molar-refractivity contribution in [1.29, 1.82) is 0 Å². The summed E-state index contributed by atoms with van der Waals surface area (Å²) in [4.78, 5) is 5.22. The number of hydrogen-bond acceptors (Lipinski definition) is 2. The zero-order valence-corrected chi connectivity index (χ0v) is 9.25. The second-order valence-electron chi connectivity index (χ2n) is 4.83. The van der Waals surface area contributed by atoms with Crippen LogP contribution < -0.4 is 0 Å². The van der Waals surface area contributed by atoms with Crippen molar-refractivity contribution in [2.75, 3.05) is 39.3 Å². The molecule has 0 bridgehead atoms. The van der Waals surface area contributed by atoms with Gasteiger partial charge in [-0.2, -0.15) is 0 Å². The average molecular weight is 195 g/mol. The van der Waals surface area contributed by atoms with Crippen molar-refractivity contribution in [2.45, 2.75) is 25.7 Å². The van der Waals surface area contributed by atoms with Crippen molar-refractivity contribution in [3.05, 3.63) is 6.92 Å². The highest BCUT2D eigenvalue weighted by Gasteiger charge is 2.17. The third kappa shape index (κ3) is 2.96. The van der Waals surface area contributed by atoms with Gasteiger partial charge in [-0.1, -0.05) is 6.92 Å². The minimum Gasteiger partial charge on any atom is -0.302 e. The van der Waals surface area contributed by atoms with Crippen LogP contribution in [0.15, 0.2) is 0 Å². The lowest BCUT2D eigenvalue weighted by Gasteiger charge is -2.31. The van der Waals surface area contributed by atoms with Crippen LogP contribution in [0.25, 0.3) is 0 Å². The van der Waals surface area contributed by atoms with E-state index < -0.39 is 0 Å². The minimum absolute atomic E-state index is 0.720. The molecule has 0 aromatic heterocycles. The monoisotopic (exact) mass is 195 g/mol. The van der Waals surface area contributed by atoms with Gasteiger partial charge in [0.15, 0.2) is 0 Å². The van der Waals surface area contributed by atoms with Gasteiger partial charge in [0.1, 0.15) is 0 Å². The molecule has 0 aliphatic carbocycles. The Morgan fingerprint density at radius 3 is 1.93 bits per heavy atom. The lowest BCUT2D eigenvalue weighted by Crippen LogP contribution is -2.38. The fourth-order valence-electron chi connectivity index (χ4n) is 2.50. The van der Waals surface area contributed by atoms with Crippen molar-refractivity contribution in [1.82, 2.24) is 9.80 Å². The Morgan fingerprint density at radius 1 is 0.857 bits per heavy atom. The fraction of sp³-hybridized carbons (Fsp3) is 0.917. The molecule has 0 spiro atoms. The maximum absolute atomic E-state index is 4.13. The lowest BCUT2D eigenvalue weighted by molar-refractivity contribution is 0.177. The molecule has 81 valence electrons. The van der Waals surface area contributed by atoms with Gasteiger partial charge in [0.25, 0.3) is 0 Å². The Kier molecular flexibility index (Phi) is 3.82. The number of piperidine rings is 1. The first-order valence-corrected chi connectivity index (χ1v) is 6.12. The molecule has 2 aliphatic rings. The highest BCUT2D eigenvalue weighted by atomic mass is 15.2. The summed E-state index contributed by atoms with van der Waals surface area (Å²) in [7, 11) is 0. The number of likely N-dealkylation sites (tertiary alicyclic amines) is 2. The van der Waals surface area contributed by atoms with Gasteiger partial charge in [0.2, 0.25) is 0 Å². The van der Waals surface area contributed by atoms with Crippen LogP contribution in [-0.4, -0.2) is 49.1 Å². The summed E-state index contributed by atoms with van der Waals surface area (Å²) < 4.78 is 0. The van der Waals surface area contributed by atoms with E-state index in [4.69, 9.17) is 0 Å². The van der Waals surface area contributed by atoms with Crippen molar-refractivity contribution < 1.29 is 0 Å². The normalized spacial score (nSPS) is 27.2. The zero-order valence-electron chi connectivity index (χ0n) is 9.25. The average Bonchev–Trinajstić information content (AvgIpc) is 2.70. The van der Waals surface area contributed by atoms with Gasteiger partial charge in [-0.25, -0.2) is 0 Å². The standard InChI is InChI=1S/C12H23N2/c1-12-4-8-14(9-5-12)11-10-13-6-2-3-7-13/h12H,1-11H2. The number of nitrogens with zero attached hydrogens (tertiary/aromatic N) is 2. The molecule has 2 rings (SSSR count). The summed E-state index contributed by atoms with van der Waals surface area (Å²) in [6, 6.07) is 0. The fourth-order valence-corrected chi connectivity index (χ4v) is 2.50. The molecule has 0 aromatic rings. The van der Waals surface area contributed by atoms with E-state index in [2.05, 4.69) is 16.7 Å². The molecule has 0 saturated carbocycles. The molecule has 0 N–H and O–H groups in total. The molecule has 0 amide bonds. The van der Waals surface area contributed by atoms with Gasteiger partial charge in [0.05, 0.1) is 0 Å². The zero-order chi connectivity index (χ0) is 9.80. The maximum atomic E-state index is 4.13. The summed E-state index contributed by atoms with van der Waals surface area (Å²) in [6.45, 7) is 11.9. The molecule has 0 aromatic carbocycles. The van der Waals surface area contributed by atoms with E-state index in [1.165, 1.54) is 65.0 Å². The van der Waals surface area contributed by atoms with Crippen LogP contribution in [0.3, 0.4) is 0 Å². The van der Waals surface area contributed by atoms with Crippen LogP contribution in [-0.2, 0) is 0 Å². The SMILES string of the molecule is [CH2]C1CCN(CCN2CCCC2)CC1. The first kappa shape index (κ1) is 10.4. The van der Waals surface area contributed by atoms with Gasteiger partial charge in [-0.05, 0) is 57.8 Å². The summed E-state index contributed by atoms with van der Waals surface area (Å²) in [6.07, 6.45) is 5.45. The summed E-state index contributed by atoms with van der Waals surface area (Å²) >= 11 is 0. The Hall–Kier alpha value is -0.0800. The Labute approximate surface area is 88.3 Å². The van der Waals surface area contributed by atoms with E-state index in [0.29, 0.717) is 0 Å². The molecule has 2 fully saturated rings. The van der Waals surface area contributed by atoms with Crippen molar-refractivity contribution in [3.8, 4) is 0 Å². The van der Waals surface area contributed by atoms with Crippen molar-refractivity contribution in [2.24, 2.45) is 5.92 Å². The summed E-state index contributed by atoms with van der Waals surface area (Å²) in [5, 5.41) is 0. The molecular formula is C12H23N2. The molecule has 2 heteroatoms. The Morgan fingerprint density at radius 2 is 1.36 bits per heavy atom. The van der Waals surface area contributed by atoms with E-state index in [1.54, 1.807) is 0 Å². The van der Waals surface area contributed by atoms with Gasteiger partial charge < -0.3 is 9.80 Å². The molecule has 2 nitrogen and oxygen atoms in total. The second kappa shape index (κ2) is 5.13. The molecule has 1 radical (unpaired) electrons. The molecule has 2 aliphatic heterocycles. The third-order valence-corrected chi connectivity index (χ3v) is 3.64. The van der Waals surface area contributed by atoms with Crippen LogP contribution >= 0.6 is 0 Å². The molecule has 2 heterocycles. The van der Waals surface area contributed by atoms with E-state index in [9.17, 15) is 0 Å². The van der Waals surface area contributed by atoms with Gasteiger partial charge >= 0.3 is 0 Å². The van der Waals surface area contributed by atoms with Crippen LogP contribution in [0.1, 0.15) is 25.7 Å². The predicted molar refractivity (Wildman–Crippen MR) is 60.2 cm³/mol. The predicted octanol–water partition coefficient (Wildman–Crippen LogP) is 1.63. The second-order valence-corrected chi connectivity index (χ2v) is 4.83. The highest BCUT2D eigenvalue weighted by Crippen LogP contribution is 2.15. The summed E-state index contributed by atoms with van der Waals surface area (Å²) in [5.74, 6) is 0.720. The Bertz CT molecular complexity index is 156. The molecule has 0 unspecified atom stereocenters. The van der Waals surface area contributed by atoms with Crippen LogP contribution in [0, 0.1) is 12.8 Å². The lowest BCUT2D eigenvalue weighted by atomic mass is 9.99. The van der Waals surface area contributed by atoms with Gasteiger partial charge in [-0.3, -0.25) is 0 Å². The van der Waals surface area contributed by atoms with Crippen molar-refractivity contribution in [3.63, 3.8) is 0 Å². The molecule has 0 atom stereocenters. The topological polar surface area (TPSA) is 6.48 Å². The number of rotatable bonds is 3. The molecule has 14 heavy (non-hydrogen) atoms. The first-order chi connectivity index (χ1) is 6.84. The first-order valence-electron chi connectivity index (χ1n) is 6.12. The van der Waals surface area contributed by atoms with E-state index in [1.807, 2.05) is 0 Å². The smallest absolute Gasteiger partial charge is 0.0109 e. The third-order valence-electron chi connectivity index (χ3n) is 3.64. The van der Waals surface area contributed by atoms with Crippen LogP contribution in [0.2, 0.25) is 0 Å². The van der Waals surface area contributed by atoms with Gasteiger partial charge in [0, 0.05) is 13.1 Å². The maximum Gasteiger partial charge on any atom is 0.0109 e. The largest absolute Gasteiger partial charge is 0.302 e.